The van der Waals surface area contributed by atoms with Crippen molar-refractivity contribution in [3.05, 3.63) is 65.6 Å². The average molecular weight is 358 g/mol. The van der Waals surface area contributed by atoms with Crippen LogP contribution in [0.25, 0.3) is 5.65 Å². The first-order chi connectivity index (χ1) is 11.8. The van der Waals surface area contributed by atoms with Crippen molar-refractivity contribution in [2.24, 2.45) is 5.14 Å². The average Bonchev–Trinajstić information content (AvgIpc) is 2.96. The zero-order chi connectivity index (χ0) is 18.0. The van der Waals surface area contributed by atoms with Crippen LogP contribution in [0.2, 0.25) is 0 Å². The van der Waals surface area contributed by atoms with E-state index in [4.69, 9.17) is 5.14 Å². The van der Waals surface area contributed by atoms with Crippen LogP contribution in [0.4, 0.5) is 0 Å². The number of carbonyl (C=O) groups is 1. The summed E-state index contributed by atoms with van der Waals surface area (Å²) in [4.78, 5) is 16.7. The van der Waals surface area contributed by atoms with E-state index in [9.17, 15) is 13.2 Å². The number of carbonyl (C=O) groups excluding carboxylic acids is 1. The lowest BCUT2D eigenvalue weighted by molar-refractivity contribution is 0.0953. The Balaban J connectivity index is 1.68. The van der Waals surface area contributed by atoms with Gasteiger partial charge < -0.3 is 9.72 Å². The molecule has 0 radical (unpaired) electrons. The molecule has 2 heterocycles. The SMILES string of the molecule is Cc1ccc(S(N)(=O)=O)cc1C(=O)NCCc1cn2ccccc2n1. The van der Waals surface area contributed by atoms with Crippen LogP contribution in [0.1, 0.15) is 21.6 Å². The Morgan fingerprint density at radius 2 is 2.08 bits per heavy atom. The molecule has 0 aliphatic rings. The number of sulfonamides is 1. The van der Waals surface area contributed by atoms with Gasteiger partial charge in [0.15, 0.2) is 0 Å². The summed E-state index contributed by atoms with van der Waals surface area (Å²) in [5.74, 6) is -0.341. The van der Waals surface area contributed by atoms with Crippen molar-refractivity contribution in [3.63, 3.8) is 0 Å². The molecule has 0 unspecified atom stereocenters. The fraction of sp³-hybridized carbons (Fsp3) is 0.176. The van der Waals surface area contributed by atoms with Gasteiger partial charge in [0.25, 0.3) is 5.91 Å². The van der Waals surface area contributed by atoms with E-state index in [-0.39, 0.29) is 10.8 Å². The highest BCUT2D eigenvalue weighted by atomic mass is 32.2. The molecule has 130 valence electrons. The summed E-state index contributed by atoms with van der Waals surface area (Å²) < 4.78 is 24.8. The van der Waals surface area contributed by atoms with E-state index < -0.39 is 10.0 Å². The molecule has 0 bridgehead atoms. The first kappa shape index (κ1) is 17.1. The Morgan fingerprint density at radius 1 is 1.28 bits per heavy atom. The predicted molar refractivity (Wildman–Crippen MR) is 93.8 cm³/mol. The van der Waals surface area contributed by atoms with E-state index in [1.165, 1.54) is 12.1 Å². The first-order valence-electron chi connectivity index (χ1n) is 7.69. The van der Waals surface area contributed by atoms with Crippen LogP contribution in [0.5, 0.6) is 0 Å². The summed E-state index contributed by atoms with van der Waals surface area (Å²) in [6.07, 6.45) is 4.39. The van der Waals surface area contributed by atoms with E-state index in [1.54, 1.807) is 13.0 Å². The maximum atomic E-state index is 12.3. The molecule has 25 heavy (non-hydrogen) atoms. The molecule has 3 rings (SSSR count). The minimum Gasteiger partial charge on any atom is -0.352 e. The van der Waals surface area contributed by atoms with Crippen LogP contribution in [0.15, 0.2) is 53.7 Å². The third kappa shape index (κ3) is 3.86. The second-order valence-corrected chi connectivity index (χ2v) is 7.29. The van der Waals surface area contributed by atoms with Crippen LogP contribution >= 0.6 is 0 Å². The van der Waals surface area contributed by atoms with Gasteiger partial charge in [0.05, 0.1) is 10.6 Å². The molecule has 0 atom stereocenters. The van der Waals surface area contributed by atoms with Gasteiger partial charge in [-0.1, -0.05) is 12.1 Å². The van der Waals surface area contributed by atoms with Gasteiger partial charge >= 0.3 is 0 Å². The van der Waals surface area contributed by atoms with Gasteiger partial charge in [0, 0.05) is 30.9 Å². The lowest BCUT2D eigenvalue weighted by Gasteiger charge is -2.08. The Labute approximate surface area is 145 Å². The highest BCUT2D eigenvalue weighted by Gasteiger charge is 2.14. The number of fused-ring (bicyclic) bond motifs is 1. The van der Waals surface area contributed by atoms with E-state index in [0.717, 1.165) is 11.3 Å². The Morgan fingerprint density at radius 3 is 2.80 bits per heavy atom. The molecule has 0 fully saturated rings. The molecule has 0 aliphatic carbocycles. The van der Waals surface area contributed by atoms with Crippen LogP contribution in [-0.4, -0.2) is 30.3 Å². The van der Waals surface area contributed by atoms with Gasteiger partial charge in [-0.05, 0) is 36.8 Å². The van der Waals surface area contributed by atoms with Crippen LogP contribution < -0.4 is 10.5 Å². The fourth-order valence-electron chi connectivity index (χ4n) is 2.53. The number of hydrogen-bond donors (Lipinski definition) is 2. The van der Waals surface area contributed by atoms with Gasteiger partial charge in [0.2, 0.25) is 10.0 Å². The van der Waals surface area contributed by atoms with Crippen molar-refractivity contribution < 1.29 is 13.2 Å². The monoisotopic (exact) mass is 358 g/mol. The van der Waals surface area contributed by atoms with Gasteiger partial charge in [-0.15, -0.1) is 0 Å². The molecular formula is C17H18N4O3S. The number of rotatable bonds is 5. The van der Waals surface area contributed by atoms with Crippen molar-refractivity contribution in [1.82, 2.24) is 14.7 Å². The third-order valence-corrected chi connectivity index (χ3v) is 4.77. The molecule has 7 nitrogen and oxygen atoms in total. The highest BCUT2D eigenvalue weighted by Crippen LogP contribution is 2.14. The smallest absolute Gasteiger partial charge is 0.251 e. The summed E-state index contributed by atoms with van der Waals surface area (Å²) in [7, 11) is -3.85. The minimum absolute atomic E-state index is 0.0800. The summed E-state index contributed by atoms with van der Waals surface area (Å²) in [6, 6.07) is 9.99. The molecular weight excluding hydrogens is 340 g/mol. The molecule has 0 aliphatic heterocycles. The second kappa shape index (κ2) is 6.66. The number of amides is 1. The third-order valence-electron chi connectivity index (χ3n) is 3.86. The second-order valence-electron chi connectivity index (χ2n) is 5.73. The lowest BCUT2D eigenvalue weighted by atomic mass is 10.1. The van der Waals surface area contributed by atoms with E-state index in [0.29, 0.717) is 24.1 Å². The number of primary sulfonamides is 1. The molecule has 8 heteroatoms. The van der Waals surface area contributed by atoms with Gasteiger partial charge in [-0.3, -0.25) is 4.79 Å². The zero-order valence-corrected chi connectivity index (χ0v) is 14.5. The first-order valence-corrected chi connectivity index (χ1v) is 9.23. The van der Waals surface area contributed by atoms with Crippen molar-refractivity contribution >= 4 is 21.6 Å². The van der Waals surface area contributed by atoms with Crippen molar-refractivity contribution in [2.45, 2.75) is 18.2 Å². The Bertz CT molecular complexity index is 1010. The zero-order valence-electron chi connectivity index (χ0n) is 13.6. The number of hydrogen-bond acceptors (Lipinski definition) is 4. The molecule has 0 spiro atoms. The minimum atomic E-state index is -3.85. The fourth-order valence-corrected chi connectivity index (χ4v) is 3.07. The van der Waals surface area contributed by atoms with Gasteiger partial charge in [0.1, 0.15) is 5.65 Å². The largest absolute Gasteiger partial charge is 0.352 e. The quantitative estimate of drug-likeness (QED) is 0.716. The molecule has 0 saturated carbocycles. The predicted octanol–water partition coefficient (Wildman–Crippen LogP) is 1.26. The summed E-state index contributed by atoms with van der Waals surface area (Å²) in [5.41, 5.74) is 2.68. The van der Waals surface area contributed by atoms with Crippen molar-refractivity contribution in [1.29, 1.82) is 0 Å². The summed E-state index contributed by atoms with van der Waals surface area (Å²) >= 11 is 0. The van der Waals surface area contributed by atoms with Gasteiger partial charge in [-0.25, -0.2) is 18.5 Å². The van der Waals surface area contributed by atoms with Gasteiger partial charge in [-0.2, -0.15) is 0 Å². The number of nitrogens with one attached hydrogen (secondary N) is 1. The van der Waals surface area contributed by atoms with Crippen LogP contribution in [0.3, 0.4) is 0 Å². The van der Waals surface area contributed by atoms with Crippen molar-refractivity contribution in [2.75, 3.05) is 6.54 Å². The molecule has 0 saturated heterocycles. The maximum absolute atomic E-state index is 12.3. The normalized spacial score (nSPS) is 11.6. The standard InChI is InChI=1S/C17H18N4O3S/c1-12-5-6-14(25(18,23)24)10-15(12)17(22)19-8-7-13-11-21-9-3-2-4-16(21)20-13/h2-6,9-11H,7-8H2,1H3,(H,19,22)(H2,18,23,24). The van der Waals surface area contributed by atoms with E-state index >= 15 is 0 Å². The summed E-state index contributed by atoms with van der Waals surface area (Å²) in [5, 5.41) is 7.91. The number of benzene rings is 1. The summed E-state index contributed by atoms with van der Waals surface area (Å²) in [6.45, 7) is 2.13. The topological polar surface area (TPSA) is 107 Å². The van der Waals surface area contributed by atoms with Crippen molar-refractivity contribution in [3.8, 4) is 0 Å². The number of aryl methyl sites for hydroxylation is 1. The Kier molecular flexibility index (Phi) is 4.56. The number of imidazole rings is 1. The van der Waals surface area contributed by atoms with E-state index in [1.807, 2.05) is 35.0 Å². The van der Waals surface area contributed by atoms with Crippen LogP contribution in [0, 0.1) is 6.92 Å². The highest BCUT2D eigenvalue weighted by molar-refractivity contribution is 7.89. The number of nitrogens with two attached hydrogens (primary N) is 1. The number of pyridine rings is 1. The molecule has 3 aromatic rings. The van der Waals surface area contributed by atoms with Crippen LogP contribution in [-0.2, 0) is 16.4 Å². The maximum Gasteiger partial charge on any atom is 0.251 e. The van der Waals surface area contributed by atoms with E-state index in [2.05, 4.69) is 10.3 Å². The molecule has 3 N–H and O–H groups in total. The molecule has 1 amide bonds. The molecule has 2 aromatic heterocycles. The number of nitrogens with zero attached hydrogens (tertiary/aromatic N) is 2. The Hall–Kier alpha value is -2.71. The lowest BCUT2D eigenvalue weighted by Crippen LogP contribution is -2.27. The molecule has 1 aromatic carbocycles. The number of aromatic nitrogens is 2.